The minimum absolute atomic E-state index is 0.0803. The van der Waals surface area contributed by atoms with Crippen molar-refractivity contribution in [3.63, 3.8) is 0 Å². The average molecular weight is 335 g/mol. The summed E-state index contributed by atoms with van der Waals surface area (Å²) >= 11 is 0. The summed E-state index contributed by atoms with van der Waals surface area (Å²) < 4.78 is 28.6. The molecule has 0 saturated carbocycles. The maximum atomic E-state index is 12.6. The highest BCUT2D eigenvalue weighted by Crippen LogP contribution is 2.56. The van der Waals surface area contributed by atoms with E-state index < -0.39 is 12.7 Å². The monoisotopic (exact) mass is 335 g/mol. The normalized spacial score (nSPS) is 24.1. The Bertz CT molecular complexity index is 733. The number of rotatable bonds is 4. The van der Waals surface area contributed by atoms with Crippen LogP contribution in [0.15, 0.2) is 54.6 Å². The van der Waals surface area contributed by atoms with Crippen molar-refractivity contribution in [3.8, 4) is 5.75 Å². The lowest BCUT2D eigenvalue weighted by Crippen LogP contribution is -2.16. The first kappa shape index (κ1) is 15.7. The van der Waals surface area contributed by atoms with Crippen molar-refractivity contribution >= 4 is 13.5 Å². The van der Waals surface area contributed by atoms with Crippen molar-refractivity contribution in [3.05, 3.63) is 70.3 Å². The molecule has 1 aliphatic heterocycles. The Morgan fingerprint density at radius 1 is 1.13 bits per heavy atom. The van der Waals surface area contributed by atoms with Gasteiger partial charge in [0.05, 0.1) is 17.6 Å². The second-order valence-corrected chi connectivity index (χ2v) is 6.46. The maximum absolute atomic E-state index is 12.6. The molecule has 1 fully saturated rings. The Hall–Kier alpha value is -2.21. The van der Waals surface area contributed by atoms with Gasteiger partial charge in [0, 0.05) is 18.6 Å². The van der Waals surface area contributed by atoms with E-state index in [2.05, 4.69) is 0 Å². The van der Waals surface area contributed by atoms with E-state index >= 15 is 0 Å². The molecule has 23 heavy (non-hydrogen) atoms. The predicted octanol–water partition coefficient (Wildman–Crippen LogP) is 4.26. The number of benzene rings is 2. The van der Waals surface area contributed by atoms with Crippen molar-refractivity contribution in [2.75, 3.05) is 6.61 Å². The van der Waals surface area contributed by atoms with Crippen LogP contribution >= 0.6 is 7.82 Å². The lowest BCUT2D eigenvalue weighted by Gasteiger charge is -2.28. The van der Waals surface area contributed by atoms with E-state index in [1.54, 1.807) is 0 Å². The fourth-order valence-electron chi connectivity index (χ4n) is 2.21. The Labute approximate surface area is 132 Å². The molecule has 1 heterocycles. The number of nitro benzene ring substituents is 1. The summed E-state index contributed by atoms with van der Waals surface area (Å²) in [4.78, 5) is 10.1. The van der Waals surface area contributed by atoms with Crippen LogP contribution in [0, 0.1) is 10.1 Å². The number of non-ortho nitro benzene ring substituents is 1. The van der Waals surface area contributed by atoms with Crippen LogP contribution in [0.1, 0.15) is 18.1 Å². The van der Waals surface area contributed by atoms with Gasteiger partial charge in [-0.3, -0.25) is 19.2 Å². The minimum atomic E-state index is -3.77. The molecule has 2 aromatic carbocycles. The van der Waals surface area contributed by atoms with Gasteiger partial charge < -0.3 is 4.52 Å². The highest BCUT2D eigenvalue weighted by molar-refractivity contribution is 7.49. The van der Waals surface area contributed by atoms with Gasteiger partial charge in [-0.2, -0.15) is 0 Å². The van der Waals surface area contributed by atoms with E-state index in [9.17, 15) is 14.7 Å². The third-order valence-electron chi connectivity index (χ3n) is 3.32. The molecule has 0 bridgehead atoms. The predicted molar refractivity (Wildman–Crippen MR) is 82.2 cm³/mol. The van der Waals surface area contributed by atoms with Gasteiger partial charge in [-0.05, 0) is 17.7 Å². The molecular weight excluding hydrogens is 321 g/mol. The molecule has 7 nitrogen and oxygen atoms in total. The first-order valence-corrected chi connectivity index (χ1v) is 8.44. The molecule has 2 aromatic rings. The Kier molecular flexibility index (Phi) is 4.43. The summed E-state index contributed by atoms with van der Waals surface area (Å²) in [7, 11) is -3.77. The highest BCUT2D eigenvalue weighted by Gasteiger charge is 2.37. The summed E-state index contributed by atoms with van der Waals surface area (Å²) in [5, 5.41) is 10.6. The number of phosphoric ester groups is 1. The van der Waals surface area contributed by atoms with Gasteiger partial charge in [0.1, 0.15) is 5.75 Å². The lowest BCUT2D eigenvalue weighted by atomic mass is 10.1. The van der Waals surface area contributed by atoms with Crippen LogP contribution in [0.5, 0.6) is 5.75 Å². The fraction of sp³-hybridized carbons (Fsp3) is 0.200. The largest absolute Gasteiger partial charge is 0.530 e. The molecule has 8 heteroatoms. The topological polar surface area (TPSA) is 87.9 Å². The summed E-state index contributed by atoms with van der Waals surface area (Å²) in [6.07, 6.45) is 0.186. The smallest absolute Gasteiger partial charge is 0.404 e. The van der Waals surface area contributed by atoms with Crippen molar-refractivity contribution in [1.29, 1.82) is 0 Å². The van der Waals surface area contributed by atoms with Gasteiger partial charge in [-0.15, -0.1) is 0 Å². The van der Waals surface area contributed by atoms with Gasteiger partial charge in [-0.1, -0.05) is 30.3 Å². The van der Waals surface area contributed by atoms with Crippen LogP contribution in [-0.4, -0.2) is 11.5 Å². The standard InChI is InChI=1S/C15H14NO6P/c17-16(18)13-6-8-14(9-7-13)21-23(19)20-11-10-15(22-23)12-4-2-1-3-5-12/h1-9,15H,10-11H2/t15-,23?/m0/s1. The molecule has 3 rings (SSSR count). The van der Waals surface area contributed by atoms with Crippen LogP contribution in [0.25, 0.3) is 0 Å². The van der Waals surface area contributed by atoms with Crippen molar-refractivity contribution in [2.45, 2.75) is 12.5 Å². The van der Waals surface area contributed by atoms with Crippen molar-refractivity contribution < 1.29 is 23.1 Å². The molecular formula is C15H14NO6P. The summed E-state index contributed by atoms with van der Waals surface area (Å²) in [6.45, 7) is 0.240. The number of hydrogen-bond acceptors (Lipinski definition) is 6. The molecule has 2 atom stereocenters. The molecule has 0 aromatic heterocycles. The van der Waals surface area contributed by atoms with Crippen molar-refractivity contribution in [1.82, 2.24) is 0 Å². The van der Waals surface area contributed by atoms with E-state index in [1.165, 1.54) is 24.3 Å². The molecule has 1 aliphatic rings. The molecule has 1 saturated heterocycles. The maximum Gasteiger partial charge on any atom is 0.530 e. The van der Waals surface area contributed by atoms with Gasteiger partial charge in [-0.25, -0.2) is 4.57 Å². The van der Waals surface area contributed by atoms with Crippen LogP contribution in [0.4, 0.5) is 5.69 Å². The first-order valence-electron chi connectivity index (χ1n) is 6.98. The van der Waals surface area contributed by atoms with Crippen LogP contribution < -0.4 is 4.52 Å². The quantitative estimate of drug-likeness (QED) is 0.471. The molecule has 0 spiro atoms. The number of nitrogens with zero attached hydrogens (tertiary/aromatic N) is 1. The zero-order valence-corrected chi connectivity index (χ0v) is 12.9. The fourth-order valence-corrected chi connectivity index (χ4v) is 3.62. The summed E-state index contributed by atoms with van der Waals surface area (Å²) in [5.41, 5.74) is 0.812. The molecule has 1 unspecified atom stereocenters. The zero-order chi connectivity index (χ0) is 16.3. The molecule has 120 valence electrons. The second kappa shape index (κ2) is 6.50. The second-order valence-electron chi connectivity index (χ2n) is 4.92. The van der Waals surface area contributed by atoms with Crippen molar-refractivity contribution in [2.24, 2.45) is 0 Å². The van der Waals surface area contributed by atoms with Gasteiger partial charge >= 0.3 is 7.82 Å². The van der Waals surface area contributed by atoms with Crippen LogP contribution in [-0.2, 0) is 13.6 Å². The van der Waals surface area contributed by atoms with E-state index in [0.717, 1.165) is 5.56 Å². The Morgan fingerprint density at radius 2 is 1.83 bits per heavy atom. The third kappa shape index (κ3) is 3.76. The summed E-state index contributed by atoms with van der Waals surface area (Å²) in [6, 6.07) is 14.6. The van der Waals surface area contributed by atoms with Crippen LogP contribution in [0.2, 0.25) is 0 Å². The molecule has 0 aliphatic carbocycles. The number of nitro groups is 1. The van der Waals surface area contributed by atoms with E-state index in [4.69, 9.17) is 13.6 Å². The Balaban J connectivity index is 1.73. The van der Waals surface area contributed by atoms with E-state index in [0.29, 0.717) is 6.42 Å². The number of hydrogen-bond donors (Lipinski definition) is 0. The van der Waals surface area contributed by atoms with E-state index in [-0.39, 0.29) is 24.1 Å². The first-order chi connectivity index (χ1) is 11.1. The summed E-state index contributed by atoms with van der Waals surface area (Å²) in [5.74, 6) is 0.188. The zero-order valence-electron chi connectivity index (χ0n) is 12.0. The average Bonchev–Trinajstić information content (AvgIpc) is 2.56. The molecule has 0 radical (unpaired) electrons. The third-order valence-corrected chi connectivity index (χ3v) is 4.77. The number of phosphoric acid groups is 1. The SMILES string of the molecule is O=[N+]([O-])c1ccc(OP2(=O)OCC[C@@H](c3ccccc3)O2)cc1. The van der Waals surface area contributed by atoms with E-state index in [1.807, 2.05) is 30.3 Å². The minimum Gasteiger partial charge on any atom is -0.404 e. The van der Waals surface area contributed by atoms with Gasteiger partial charge in [0.25, 0.3) is 5.69 Å². The van der Waals surface area contributed by atoms with Gasteiger partial charge in [0.15, 0.2) is 0 Å². The molecule has 0 N–H and O–H groups in total. The lowest BCUT2D eigenvalue weighted by molar-refractivity contribution is -0.384. The van der Waals surface area contributed by atoms with Crippen LogP contribution in [0.3, 0.4) is 0 Å². The molecule has 0 amide bonds. The highest BCUT2D eigenvalue weighted by atomic mass is 31.2. The Morgan fingerprint density at radius 3 is 2.48 bits per heavy atom. The van der Waals surface area contributed by atoms with Gasteiger partial charge in [0.2, 0.25) is 0 Å².